The molecule has 1 aromatic rings. The van der Waals surface area contributed by atoms with Crippen molar-refractivity contribution in [2.45, 2.75) is 65.1 Å². The summed E-state index contributed by atoms with van der Waals surface area (Å²) in [6, 6.07) is 2.27. The lowest BCUT2D eigenvalue weighted by molar-refractivity contribution is 0.163. The largest absolute Gasteiger partial charge is 0.394 e. The first-order valence-electron chi connectivity index (χ1n) is 7.13. The quantitative estimate of drug-likeness (QED) is 0.842. The van der Waals surface area contributed by atoms with Gasteiger partial charge >= 0.3 is 0 Å². The molecule has 2 rings (SSSR count). The summed E-state index contributed by atoms with van der Waals surface area (Å²) in [5, 5.41) is 13.2. The minimum absolute atomic E-state index is 0.0192. The van der Waals surface area contributed by atoms with Gasteiger partial charge in [-0.2, -0.15) is 0 Å². The van der Waals surface area contributed by atoms with Crippen LogP contribution in [0.4, 0.5) is 0 Å². The molecule has 1 aliphatic carbocycles. The lowest BCUT2D eigenvalue weighted by Crippen LogP contribution is -2.45. The molecule has 0 unspecified atom stereocenters. The Morgan fingerprint density at radius 2 is 2.00 bits per heavy atom. The predicted molar refractivity (Wildman–Crippen MR) is 74.7 cm³/mol. The van der Waals surface area contributed by atoms with Gasteiger partial charge in [-0.05, 0) is 45.2 Å². The van der Waals surface area contributed by atoms with Crippen molar-refractivity contribution in [1.82, 2.24) is 9.88 Å². The second-order valence-corrected chi connectivity index (χ2v) is 5.64. The van der Waals surface area contributed by atoms with Gasteiger partial charge in [0, 0.05) is 30.0 Å². The van der Waals surface area contributed by atoms with E-state index in [-0.39, 0.29) is 12.1 Å². The highest BCUT2D eigenvalue weighted by atomic mass is 16.3. The maximum Gasteiger partial charge on any atom is 0.0613 e. The number of aryl methyl sites for hydroxylation is 1. The van der Waals surface area contributed by atoms with Crippen LogP contribution in [0.3, 0.4) is 0 Å². The summed E-state index contributed by atoms with van der Waals surface area (Å²) >= 11 is 0. The third kappa shape index (κ3) is 2.47. The molecule has 1 aromatic heterocycles. The molecule has 0 bridgehead atoms. The molecular formula is C15H26N2O. The van der Waals surface area contributed by atoms with Crippen LogP contribution in [0.5, 0.6) is 0 Å². The fourth-order valence-electron chi connectivity index (χ4n) is 3.26. The number of rotatable bonds is 5. The predicted octanol–water partition coefficient (Wildman–Crippen LogP) is 2.52. The molecule has 0 atom stereocenters. The SMILES string of the molecule is CCn1c(C)cc(CNC2(CO)CCCC2)c1C. The first-order chi connectivity index (χ1) is 8.62. The van der Waals surface area contributed by atoms with E-state index >= 15 is 0 Å². The normalized spacial score (nSPS) is 18.4. The lowest BCUT2D eigenvalue weighted by Gasteiger charge is -2.28. The van der Waals surface area contributed by atoms with Crippen LogP contribution in [0, 0.1) is 13.8 Å². The summed E-state index contributed by atoms with van der Waals surface area (Å²) in [4.78, 5) is 0. The van der Waals surface area contributed by atoms with Crippen molar-refractivity contribution in [2.75, 3.05) is 6.61 Å². The fourth-order valence-corrected chi connectivity index (χ4v) is 3.26. The fraction of sp³-hybridized carbons (Fsp3) is 0.733. The standard InChI is InChI=1S/C15H26N2O/c1-4-17-12(2)9-14(13(17)3)10-16-15(11-18)7-5-6-8-15/h9,16,18H,4-8,10-11H2,1-3H3. The van der Waals surface area contributed by atoms with Crippen LogP contribution in [-0.2, 0) is 13.1 Å². The van der Waals surface area contributed by atoms with Crippen molar-refractivity contribution in [3.05, 3.63) is 23.0 Å². The van der Waals surface area contributed by atoms with Crippen molar-refractivity contribution in [3.8, 4) is 0 Å². The molecule has 18 heavy (non-hydrogen) atoms. The maximum absolute atomic E-state index is 9.60. The highest BCUT2D eigenvalue weighted by Crippen LogP contribution is 2.29. The average Bonchev–Trinajstić information content (AvgIpc) is 2.93. The van der Waals surface area contributed by atoms with E-state index in [2.05, 4.69) is 36.7 Å². The smallest absolute Gasteiger partial charge is 0.0613 e. The van der Waals surface area contributed by atoms with E-state index in [1.54, 1.807) is 0 Å². The number of hydrogen-bond acceptors (Lipinski definition) is 2. The third-order valence-electron chi connectivity index (χ3n) is 4.51. The van der Waals surface area contributed by atoms with Gasteiger partial charge in [-0.25, -0.2) is 0 Å². The summed E-state index contributed by atoms with van der Waals surface area (Å²) in [5.74, 6) is 0. The second kappa shape index (κ2) is 5.45. The molecule has 1 saturated carbocycles. The highest BCUT2D eigenvalue weighted by Gasteiger charge is 2.32. The van der Waals surface area contributed by atoms with Crippen LogP contribution in [0.2, 0.25) is 0 Å². The Morgan fingerprint density at radius 1 is 1.33 bits per heavy atom. The first-order valence-corrected chi connectivity index (χ1v) is 7.13. The summed E-state index contributed by atoms with van der Waals surface area (Å²) < 4.78 is 2.34. The highest BCUT2D eigenvalue weighted by molar-refractivity contribution is 5.26. The van der Waals surface area contributed by atoms with Gasteiger partial charge in [0.2, 0.25) is 0 Å². The Morgan fingerprint density at radius 3 is 2.50 bits per heavy atom. The minimum atomic E-state index is -0.0192. The van der Waals surface area contributed by atoms with E-state index in [0.717, 1.165) is 25.9 Å². The third-order valence-corrected chi connectivity index (χ3v) is 4.51. The summed E-state index contributed by atoms with van der Waals surface area (Å²) in [7, 11) is 0. The van der Waals surface area contributed by atoms with Crippen molar-refractivity contribution in [1.29, 1.82) is 0 Å². The molecule has 1 aliphatic rings. The molecule has 0 aromatic carbocycles. The Labute approximate surface area is 110 Å². The Hall–Kier alpha value is -0.800. The number of aliphatic hydroxyl groups excluding tert-OH is 1. The number of aliphatic hydroxyl groups is 1. The molecule has 1 fully saturated rings. The van der Waals surface area contributed by atoms with Crippen LogP contribution >= 0.6 is 0 Å². The van der Waals surface area contributed by atoms with E-state index < -0.39 is 0 Å². The Bertz CT molecular complexity index is 403. The summed E-state index contributed by atoms with van der Waals surface area (Å²) in [6.07, 6.45) is 4.69. The number of hydrogen-bond donors (Lipinski definition) is 2. The van der Waals surface area contributed by atoms with Crippen LogP contribution in [0.15, 0.2) is 6.07 Å². The van der Waals surface area contributed by atoms with E-state index in [0.29, 0.717) is 0 Å². The Kier molecular flexibility index (Phi) is 4.13. The molecular weight excluding hydrogens is 224 g/mol. The molecule has 0 radical (unpaired) electrons. The van der Waals surface area contributed by atoms with Crippen molar-refractivity contribution in [2.24, 2.45) is 0 Å². The lowest BCUT2D eigenvalue weighted by atomic mass is 9.98. The van der Waals surface area contributed by atoms with Gasteiger partial charge in [-0.1, -0.05) is 12.8 Å². The van der Waals surface area contributed by atoms with Crippen molar-refractivity contribution < 1.29 is 5.11 Å². The molecule has 0 amide bonds. The Balaban J connectivity index is 2.06. The van der Waals surface area contributed by atoms with Crippen LogP contribution in [0.1, 0.15) is 49.6 Å². The van der Waals surface area contributed by atoms with Gasteiger partial charge in [0.25, 0.3) is 0 Å². The minimum Gasteiger partial charge on any atom is -0.394 e. The van der Waals surface area contributed by atoms with E-state index in [9.17, 15) is 5.11 Å². The topological polar surface area (TPSA) is 37.2 Å². The average molecular weight is 250 g/mol. The van der Waals surface area contributed by atoms with Crippen LogP contribution in [-0.4, -0.2) is 21.8 Å². The zero-order valence-corrected chi connectivity index (χ0v) is 11.9. The van der Waals surface area contributed by atoms with Crippen LogP contribution in [0.25, 0.3) is 0 Å². The molecule has 2 N–H and O–H groups in total. The zero-order chi connectivity index (χ0) is 13.2. The van der Waals surface area contributed by atoms with Crippen LogP contribution < -0.4 is 5.32 Å². The van der Waals surface area contributed by atoms with E-state index in [1.165, 1.54) is 29.8 Å². The summed E-state index contributed by atoms with van der Waals surface area (Å²) in [5.41, 5.74) is 4.04. The maximum atomic E-state index is 9.60. The van der Waals surface area contributed by atoms with Crippen molar-refractivity contribution in [3.63, 3.8) is 0 Å². The molecule has 3 nitrogen and oxygen atoms in total. The first kappa shape index (κ1) is 13.6. The number of nitrogens with zero attached hydrogens (tertiary/aromatic N) is 1. The van der Waals surface area contributed by atoms with Gasteiger partial charge in [0.05, 0.1) is 6.61 Å². The van der Waals surface area contributed by atoms with Gasteiger partial charge in [-0.15, -0.1) is 0 Å². The number of aromatic nitrogens is 1. The molecule has 0 saturated heterocycles. The van der Waals surface area contributed by atoms with Crippen molar-refractivity contribution >= 4 is 0 Å². The molecule has 102 valence electrons. The molecule has 0 spiro atoms. The van der Waals surface area contributed by atoms with Gasteiger partial charge < -0.3 is 15.0 Å². The van der Waals surface area contributed by atoms with E-state index in [1.807, 2.05) is 0 Å². The second-order valence-electron chi connectivity index (χ2n) is 5.64. The molecule has 1 heterocycles. The van der Waals surface area contributed by atoms with Gasteiger partial charge in [-0.3, -0.25) is 0 Å². The van der Waals surface area contributed by atoms with Gasteiger partial charge in [0.1, 0.15) is 0 Å². The number of nitrogens with one attached hydrogen (secondary N) is 1. The van der Waals surface area contributed by atoms with E-state index in [4.69, 9.17) is 0 Å². The van der Waals surface area contributed by atoms with Gasteiger partial charge in [0.15, 0.2) is 0 Å². The molecule has 0 aliphatic heterocycles. The molecule has 3 heteroatoms. The monoisotopic (exact) mass is 250 g/mol. The summed E-state index contributed by atoms with van der Waals surface area (Å²) in [6.45, 7) is 8.71. The zero-order valence-electron chi connectivity index (χ0n) is 11.9.